The minimum atomic E-state index is -0.636. The first kappa shape index (κ1) is 17.4. The fourth-order valence-corrected chi connectivity index (χ4v) is 2.18. The van der Waals surface area contributed by atoms with Crippen molar-refractivity contribution in [3.63, 3.8) is 0 Å². The smallest absolute Gasteiger partial charge is 0.339 e. The van der Waals surface area contributed by atoms with E-state index >= 15 is 0 Å². The number of esters is 2. The number of ether oxygens (including phenoxy) is 2. The van der Waals surface area contributed by atoms with Crippen LogP contribution in [0.5, 0.6) is 0 Å². The average Bonchev–Trinajstić information content (AvgIpc) is 2.58. The molecule has 124 valence electrons. The zero-order chi connectivity index (χ0) is 17.7. The first-order valence-electron chi connectivity index (χ1n) is 6.77. The summed E-state index contributed by atoms with van der Waals surface area (Å²) in [4.78, 5) is 40.1. The number of H-pyrrole nitrogens is 2. The molecule has 0 unspecified atom stereocenters. The lowest BCUT2D eigenvalue weighted by Gasteiger charge is -2.06. The lowest BCUT2D eigenvalue weighted by atomic mass is 10.1. The average molecular weight is 346 g/mol. The van der Waals surface area contributed by atoms with Crippen molar-refractivity contribution >= 4 is 35.8 Å². The number of methoxy groups -OCH3 is 2. The van der Waals surface area contributed by atoms with Gasteiger partial charge < -0.3 is 14.5 Å². The van der Waals surface area contributed by atoms with E-state index in [0.717, 1.165) is 0 Å². The van der Waals surface area contributed by atoms with E-state index in [1.54, 1.807) is 24.3 Å². The molecule has 0 saturated carbocycles. The van der Waals surface area contributed by atoms with Crippen LogP contribution in [-0.2, 0) is 14.3 Å². The lowest BCUT2D eigenvalue weighted by molar-refractivity contribution is -0.133. The maximum absolute atomic E-state index is 12.0. The number of carbonyl (C=O) groups is 2. The van der Waals surface area contributed by atoms with Crippen LogP contribution in [0.25, 0.3) is 11.6 Å². The summed E-state index contributed by atoms with van der Waals surface area (Å²) in [7, 11) is 2.53. The molecule has 0 aliphatic heterocycles. The molecule has 2 N–H and O–H groups in total. The van der Waals surface area contributed by atoms with E-state index in [2.05, 4.69) is 14.7 Å². The van der Waals surface area contributed by atoms with Gasteiger partial charge in [0.25, 0.3) is 5.56 Å². The quantitative estimate of drug-likeness (QED) is 0.498. The zero-order valence-electron chi connectivity index (χ0n) is 12.9. The van der Waals surface area contributed by atoms with Gasteiger partial charge in [0, 0.05) is 6.07 Å². The molecule has 2 rings (SSSR count). The van der Waals surface area contributed by atoms with E-state index in [1.165, 1.54) is 26.4 Å². The molecule has 1 heterocycles. The molecule has 2 aromatic rings. The van der Waals surface area contributed by atoms with Crippen LogP contribution in [0.1, 0.15) is 21.6 Å². The van der Waals surface area contributed by atoms with Crippen LogP contribution in [0.4, 0.5) is 0 Å². The third kappa shape index (κ3) is 4.05. The number of aromatic amines is 2. The molecule has 0 bridgehead atoms. The van der Waals surface area contributed by atoms with Crippen LogP contribution >= 0.6 is 12.2 Å². The van der Waals surface area contributed by atoms with Gasteiger partial charge in [-0.05, 0) is 36.0 Å². The molecule has 0 radical (unpaired) electrons. The molecule has 1 aromatic carbocycles. The summed E-state index contributed by atoms with van der Waals surface area (Å²) >= 11 is 4.91. The molecule has 0 atom stereocenters. The third-order valence-electron chi connectivity index (χ3n) is 3.10. The van der Waals surface area contributed by atoms with Gasteiger partial charge in [-0.2, -0.15) is 0 Å². The first-order chi connectivity index (χ1) is 11.4. The second kappa shape index (κ2) is 7.51. The highest BCUT2D eigenvalue weighted by molar-refractivity contribution is 7.71. The second-order valence-corrected chi connectivity index (χ2v) is 5.07. The van der Waals surface area contributed by atoms with Crippen LogP contribution in [-0.4, -0.2) is 36.1 Å². The van der Waals surface area contributed by atoms with Gasteiger partial charge in [-0.1, -0.05) is 12.1 Å². The number of hydrogen-bond acceptors (Lipinski definition) is 6. The molecule has 0 fully saturated rings. The van der Waals surface area contributed by atoms with Gasteiger partial charge >= 0.3 is 11.9 Å². The van der Waals surface area contributed by atoms with Crippen molar-refractivity contribution in [1.82, 2.24) is 9.97 Å². The number of rotatable bonds is 4. The Morgan fingerprint density at radius 1 is 1.08 bits per heavy atom. The van der Waals surface area contributed by atoms with Crippen molar-refractivity contribution < 1.29 is 19.1 Å². The van der Waals surface area contributed by atoms with Gasteiger partial charge in [-0.3, -0.25) is 9.78 Å². The summed E-state index contributed by atoms with van der Waals surface area (Å²) in [6, 6.07) is 7.61. The fraction of sp³-hybridized carbons (Fsp3) is 0.125. The minimum Gasteiger partial charge on any atom is -0.465 e. The van der Waals surface area contributed by atoms with Crippen LogP contribution in [0, 0.1) is 4.77 Å². The number of carbonyl (C=O) groups excluding carboxylic acids is 2. The Morgan fingerprint density at radius 2 is 1.75 bits per heavy atom. The highest BCUT2D eigenvalue weighted by atomic mass is 32.1. The van der Waals surface area contributed by atoms with Crippen molar-refractivity contribution in [2.45, 2.75) is 0 Å². The summed E-state index contributed by atoms with van der Waals surface area (Å²) in [6.45, 7) is 0. The second-order valence-electron chi connectivity index (χ2n) is 4.66. The summed E-state index contributed by atoms with van der Waals surface area (Å²) in [5, 5.41) is 0. The van der Waals surface area contributed by atoms with E-state index in [0.29, 0.717) is 11.1 Å². The Hall–Kier alpha value is -3.00. The third-order valence-corrected chi connectivity index (χ3v) is 3.30. The van der Waals surface area contributed by atoms with Crippen LogP contribution in [0.2, 0.25) is 0 Å². The lowest BCUT2D eigenvalue weighted by Crippen LogP contribution is -2.12. The normalized spacial score (nSPS) is 11.0. The predicted octanol–water partition coefficient (Wildman–Crippen LogP) is 1.93. The summed E-state index contributed by atoms with van der Waals surface area (Å²) in [5.41, 5.74) is 0.922. The molecular formula is C16H14N2O5S. The van der Waals surface area contributed by atoms with Gasteiger partial charge in [0.1, 0.15) is 0 Å². The van der Waals surface area contributed by atoms with E-state index in [4.69, 9.17) is 17.0 Å². The van der Waals surface area contributed by atoms with E-state index in [9.17, 15) is 14.4 Å². The molecule has 24 heavy (non-hydrogen) atoms. The maximum Gasteiger partial charge on any atom is 0.339 e. The standard InChI is InChI=1S/C16H14N2O5S/c1-22-14(20)10-5-3-9(4-6-10)7-11(15(21)23-2)12-8-13(19)18-16(24)17-12/h3-8H,1-2H3,(H2,17,18,19,24)/b11-7-. The van der Waals surface area contributed by atoms with Gasteiger partial charge in [-0.25, -0.2) is 9.59 Å². The number of nitrogens with one attached hydrogen (secondary N) is 2. The van der Waals surface area contributed by atoms with Gasteiger partial charge in [-0.15, -0.1) is 0 Å². The summed E-state index contributed by atoms with van der Waals surface area (Å²) < 4.78 is 9.47. The van der Waals surface area contributed by atoms with Gasteiger partial charge in [0.05, 0.1) is 31.1 Å². The molecule has 0 amide bonds. The predicted molar refractivity (Wildman–Crippen MR) is 89.9 cm³/mol. The molecular weight excluding hydrogens is 332 g/mol. The van der Waals surface area contributed by atoms with Crippen LogP contribution in [0.3, 0.4) is 0 Å². The number of hydrogen-bond donors (Lipinski definition) is 2. The van der Waals surface area contributed by atoms with Crippen molar-refractivity contribution in [3.8, 4) is 0 Å². The number of benzene rings is 1. The largest absolute Gasteiger partial charge is 0.465 e. The Balaban J connectivity index is 2.50. The topological polar surface area (TPSA) is 101 Å². The first-order valence-corrected chi connectivity index (χ1v) is 7.18. The molecule has 1 aromatic heterocycles. The van der Waals surface area contributed by atoms with Crippen molar-refractivity contribution in [2.75, 3.05) is 14.2 Å². The molecule has 0 aliphatic carbocycles. The highest BCUT2D eigenvalue weighted by Crippen LogP contribution is 2.17. The van der Waals surface area contributed by atoms with E-state index in [1.807, 2.05) is 0 Å². The minimum absolute atomic E-state index is 0.0911. The van der Waals surface area contributed by atoms with Crippen LogP contribution in [0.15, 0.2) is 35.1 Å². The number of aromatic nitrogens is 2. The molecule has 0 aliphatic rings. The Kier molecular flexibility index (Phi) is 5.43. The summed E-state index contributed by atoms with van der Waals surface area (Å²) in [6.07, 6.45) is 1.52. The fourth-order valence-electron chi connectivity index (χ4n) is 1.97. The van der Waals surface area contributed by atoms with E-state index < -0.39 is 17.5 Å². The molecule has 0 saturated heterocycles. The van der Waals surface area contributed by atoms with Crippen molar-refractivity contribution in [2.24, 2.45) is 0 Å². The highest BCUT2D eigenvalue weighted by Gasteiger charge is 2.14. The zero-order valence-corrected chi connectivity index (χ0v) is 13.7. The van der Waals surface area contributed by atoms with Crippen molar-refractivity contribution in [1.29, 1.82) is 0 Å². The monoisotopic (exact) mass is 346 g/mol. The van der Waals surface area contributed by atoms with Crippen LogP contribution < -0.4 is 5.56 Å². The van der Waals surface area contributed by atoms with Crippen molar-refractivity contribution in [3.05, 3.63) is 62.3 Å². The molecule has 7 nitrogen and oxygen atoms in total. The maximum atomic E-state index is 12.0. The Bertz CT molecular complexity index is 881. The van der Waals surface area contributed by atoms with E-state index in [-0.39, 0.29) is 16.0 Å². The van der Waals surface area contributed by atoms with Gasteiger partial charge in [0.2, 0.25) is 0 Å². The molecule has 8 heteroatoms. The van der Waals surface area contributed by atoms with Gasteiger partial charge in [0.15, 0.2) is 4.77 Å². The Morgan fingerprint density at radius 3 is 2.29 bits per heavy atom. The summed E-state index contributed by atoms with van der Waals surface area (Å²) in [5.74, 6) is -1.10. The Labute approximate surface area is 141 Å². The SMILES string of the molecule is COC(=O)/C(=C\c1ccc(C(=O)OC)cc1)c1cc(=O)[nH]c(=S)[nH]1. The molecule has 0 spiro atoms.